The molecule has 2 rings (SSSR count). The lowest BCUT2D eigenvalue weighted by molar-refractivity contribution is -0.134. The Morgan fingerprint density at radius 2 is 1.75 bits per heavy atom. The van der Waals surface area contributed by atoms with Crippen LogP contribution < -0.4 is 11.1 Å². The van der Waals surface area contributed by atoms with Crippen molar-refractivity contribution in [1.82, 2.24) is 5.32 Å². The number of nitrogens with one attached hydrogen (secondary N) is 1. The Balaban J connectivity index is 1.98. The van der Waals surface area contributed by atoms with Crippen molar-refractivity contribution in [2.45, 2.75) is 77.7 Å². The minimum atomic E-state index is -0.279. The van der Waals surface area contributed by atoms with Crippen molar-refractivity contribution in [2.24, 2.45) is 23.0 Å². The van der Waals surface area contributed by atoms with Gasteiger partial charge in [0.15, 0.2) is 0 Å². The summed E-state index contributed by atoms with van der Waals surface area (Å²) in [5, 5.41) is 3.37. The minimum absolute atomic E-state index is 0.241. The van der Waals surface area contributed by atoms with E-state index >= 15 is 0 Å². The second-order valence-corrected chi connectivity index (χ2v) is 7.36. The topological polar surface area (TPSA) is 55.1 Å². The molecule has 0 aromatic carbocycles. The van der Waals surface area contributed by atoms with Crippen molar-refractivity contribution in [3.05, 3.63) is 0 Å². The molecule has 116 valence electrons. The Morgan fingerprint density at radius 3 is 2.40 bits per heavy atom. The Hall–Kier alpha value is -0.570. The molecule has 2 aliphatic carbocycles. The van der Waals surface area contributed by atoms with Gasteiger partial charge in [-0.15, -0.1) is 0 Å². The summed E-state index contributed by atoms with van der Waals surface area (Å²) in [6.07, 6.45) is 10.5. The van der Waals surface area contributed by atoms with Gasteiger partial charge in [0.2, 0.25) is 5.91 Å². The normalized spacial score (nSPS) is 39.0. The molecule has 1 amide bonds. The van der Waals surface area contributed by atoms with Crippen LogP contribution in [-0.4, -0.2) is 18.5 Å². The van der Waals surface area contributed by atoms with Crippen molar-refractivity contribution in [3.8, 4) is 0 Å². The zero-order valence-corrected chi connectivity index (χ0v) is 13.3. The summed E-state index contributed by atoms with van der Waals surface area (Å²) in [6.45, 7) is 5.08. The molecule has 20 heavy (non-hydrogen) atoms. The minimum Gasteiger partial charge on any atom is -0.353 e. The lowest BCUT2D eigenvalue weighted by Gasteiger charge is -2.38. The number of nitrogens with two attached hydrogens (primary N) is 1. The van der Waals surface area contributed by atoms with Crippen molar-refractivity contribution in [1.29, 1.82) is 0 Å². The highest BCUT2D eigenvalue weighted by atomic mass is 16.2. The number of hydrogen-bond acceptors (Lipinski definition) is 2. The van der Waals surface area contributed by atoms with E-state index < -0.39 is 0 Å². The van der Waals surface area contributed by atoms with Gasteiger partial charge in [0.05, 0.1) is 5.41 Å². The molecule has 2 saturated carbocycles. The van der Waals surface area contributed by atoms with Gasteiger partial charge in [-0.3, -0.25) is 4.79 Å². The Kier molecular flexibility index (Phi) is 5.48. The fraction of sp³-hybridized carbons (Fsp3) is 0.941. The molecule has 0 spiro atoms. The molecule has 2 aliphatic rings. The highest BCUT2D eigenvalue weighted by Crippen LogP contribution is 2.38. The van der Waals surface area contributed by atoms with Crippen molar-refractivity contribution in [2.75, 3.05) is 6.54 Å². The molecule has 0 aliphatic heterocycles. The van der Waals surface area contributed by atoms with Gasteiger partial charge in [-0.05, 0) is 50.4 Å². The predicted octanol–water partition coefficient (Wildman–Crippen LogP) is 3.23. The maximum atomic E-state index is 12.8. The number of rotatable bonds is 3. The summed E-state index contributed by atoms with van der Waals surface area (Å²) in [4.78, 5) is 12.8. The van der Waals surface area contributed by atoms with Gasteiger partial charge < -0.3 is 11.1 Å². The molecule has 3 N–H and O–H groups in total. The van der Waals surface area contributed by atoms with Gasteiger partial charge in [-0.25, -0.2) is 0 Å². The van der Waals surface area contributed by atoms with Crippen LogP contribution in [0.2, 0.25) is 0 Å². The van der Waals surface area contributed by atoms with Crippen molar-refractivity contribution in [3.63, 3.8) is 0 Å². The number of carbonyl (C=O) groups excluding carboxylic acids is 1. The van der Waals surface area contributed by atoms with Gasteiger partial charge >= 0.3 is 0 Å². The van der Waals surface area contributed by atoms with Crippen LogP contribution in [0.25, 0.3) is 0 Å². The van der Waals surface area contributed by atoms with Crippen LogP contribution in [0.15, 0.2) is 0 Å². The smallest absolute Gasteiger partial charge is 0.227 e. The third-order valence-corrected chi connectivity index (χ3v) is 5.78. The van der Waals surface area contributed by atoms with Gasteiger partial charge in [-0.2, -0.15) is 0 Å². The molecule has 3 heteroatoms. The summed E-state index contributed by atoms with van der Waals surface area (Å²) < 4.78 is 0. The molecule has 0 aromatic rings. The number of carbonyl (C=O) groups is 1. The van der Waals surface area contributed by atoms with Gasteiger partial charge in [0, 0.05) is 12.6 Å². The molecular weight excluding hydrogens is 248 g/mol. The van der Waals surface area contributed by atoms with E-state index in [2.05, 4.69) is 19.2 Å². The summed E-state index contributed by atoms with van der Waals surface area (Å²) >= 11 is 0. The van der Waals surface area contributed by atoms with Crippen molar-refractivity contribution >= 4 is 5.91 Å². The molecule has 2 fully saturated rings. The van der Waals surface area contributed by atoms with E-state index in [0.29, 0.717) is 18.5 Å². The molecule has 3 nitrogen and oxygen atoms in total. The average molecular weight is 280 g/mol. The number of hydrogen-bond donors (Lipinski definition) is 2. The molecule has 2 unspecified atom stereocenters. The van der Waals surface area contributed by atoms with Crippen LogP contribution >= 0.6 is 0 Å². The quantitative estimate of drug-likeness (QED) is 0.780. The maximum Gasteiger partial charge on any atom is 0.227 e. The third-order valence-electron chi connectivity index (χ3n) is 5.78. The van der Waals surface area contributed by atoms with E-state index in [1.54, 1.807) is 0 Å². The summed E-state index contributed by atoms with van der Waals surface area (Å²) in [6, 6.07) is 0.368. The summed E-state index contributed by atoms with van der Waals surface area (Å²) in [7, 11) is 0. The second kappa shape index (κ2) is 6.93. The lowest BCUT2D eigenvalue weighted by Crippen LogP contribution is -2.52. The first kappa shape index (κ1) is 15.8. The van der Waals surface area contributed by atoms with Crippen LogP contribution in [0.5, 0.6) is 0 Å². The van der Waals surface area contributed by atoms with E-state index in [-0.39, 0.29) is 11.3 Å². The average Bonchev–Trinajstić information content (AvgIpc) is 2.65. The predicted molar refractivity (Wildman–Crippen MR) is 83.3 cm³/mol. The first-order valence-corrected chi connectivity index (χ1v) is 8.58. The monoisotopic (exact) mass is 280 g/mol. The van der Waals surface area contributed by atoms with E-state index in [4.69, 9.17) is 5.73 Å². The van der Waals surface area contributed by atoms with Crippen LogP contribution in [0.1, 0.15) is 71.6 Å². The van der Waals surface area contributed by atoms with Crippen LogP contribution in [-0.2, 0) is 4.79 Å². The van der Waals surface area contributed by atoms with Crippen LogP contribution in [0.3, 0.4) is 0 Å². The highest BCUT2D eigenvalue weighted by molar-refractivity contribution is 5.83. The SMILES string of the molecule is CC1CCC(CN)(C(=O)NC2CCCCCC2C)CC1. The fourth-order valence-electron chi connectivity index (χ4n) is 3.87. The van der Waals surface area contributed by atoms with Gasteiger partial charge in [0.1, 0.15) is 0 Å². The van der Waals surface area contributed by atoms with Crippen LogP contribution in [0.4, 0.5) is 0 Å². The molecule has 0 heterocycles. The molecular formula is C17H32N2O. The Bertz CT molecular complexity index is 321. The first-order valence-electron chi connectivity index (χ1n) is 8.58. The molecule has 0 radical (unpaired) electrons. The molecule has 0 bridgehead atoms. The first-order chi connectivity index (χ1) is 9.57. The van der Waals surface area contributed by atoms with Crippen LogP contribution in [0, 0.1) is 17.3 Å². The van der Waals surface area contributed by atoms with E-state index in [1.165, 1.54) is 25.7 Å². The largest absolute Gasteiger partial charge is 0.353 e. The van der Waals surface area contributed by atoms with E-state index in [1.807, 2.05) is 0 Å². The molecule has 0 saturated heterocycles. The molecule has 0 aromatic heterocycles. The lowest BCUT2D eigenvalue weighted by atomic mass is 9.70. The number of amides is 1. The second-order valence-electron chi connectivity index (χ2n) is 7.36. The summed E-state index contributed by atoms with van der Waals surface area (Å²) in [5.41, 5.74) is 5.72. The summed E-state index contributed by atoms with van der Waals surface area (Å²) in [5.74, 6) is 1.60. The zero-order valence-electron chi connectivity index (χ0n) is 13.3. The van der Waals surface area contributed by atoms with Crippen molar-refractivity contribution < 1.29 is 4.79 Å². The third kappa shape index (κ3) is 3.55. The maximum absolute atomic E-state index is 12.8. The standard InChI is InChI=1S/C17H32N2O/c1-13-8-10-17(12-18,11-9-13)16(20)19-15-7-5-3-4-6-14(15)2/h13-15H,3-12,18H2,1-2H3,(H,19,20). The van der Waals surface area contributed by atoms with Gasteiger partial charge in [0.25, 0.3) is 0 Å². The van der Waals surface area contributed by atoms with E-state index in [0.717, 1.165) is 38.0 Å². The van der Waals surface area contributed by atoms with E-state index in [9.17, 15) is 4.79 Å². The molecule has 2 atom stereocenters. The Labute approximate surface area is 124 Å². The Morgan fingerprint density at radius 1 is 1.10 bits per heavy atom. The zero-order chi connectivity index (χ0) is 14.6. The highest BCUT2D eigenvalue weighted by Gasteiger charge is 2.40. The fourth-order valence-corrected chi connectivity index (χ4v) is 3.87. The van der Waals surface area contributed by atoms with Gasteiger partial charge in [-0.1, -0.05) is 33.1 Å².